The van der Waals surface area contributed by atoms with Crippen molar-refractivity contribution in [3.05, 3.63) is 69.6 Å². The van der Waals surface area contributed by atoms with Crippen LogP contribution in [0.15, 0.2) is 64.1 Å². The molecule has 2 aromatic rings. The molecule has 3 atom stereocenters. The lowest BCUT2D eigenvalue weighted by atomic mass is 10.1. The van der Waals surface area contributed by atoms with Gasteiger partial charge in [-0.1, -0.05) is 50.3 Å². The van der Waals surface area contributed by atoms with Crippen LogP contribution < -0.4 is 4.74 Å². The van der Waals surface area contributed by atoms with Crippen molar-refractivity contribution in [2.24, 2.45) is 17.3 Å². The van der Waals surface area contributed by atoms with Crippen molar-refractivity contribution in [2.45, 2.75) is 20.0 Å². The van der Waals surface area contributed by atoms with Gasteiger partial charge in [0.15, 0.2) is 0 Å². The van der Waals surface area contributed by atoms with Crippen molar-refractivity contribution in [2.75, 3.05) is 0 Å². The maximum absolute atomic E-state index is 12.6. The van der Waals surface area contributed by atoms with Crippen molar-refractivity contribution >= 4 is 37.8 Å². The van der Waals surface area contributed by atoms with Crippen molar-refractivity contribution < 1.29 is 14.3 Å². The Hall–Kier alpha value is -2.10. The van der Waals surface area contributed by atoms with Gasteiger partial charge in [0.2, 0.25) is 6.10 Å². The summed E-state index contributed by atoms with van der Waals surface area (Å²) in [5.74, 6) is 0.813. The Morgan fingerprint density at radius 2 is 1.71 bits per heavy atom. The van der Waals surface area contributed by atoms with E-state index in [-0.39, 0.29) is 23.2 Å². The van der Waals surface area contributed by atoms with E-state index < -0.39 is 6.10 Å². The fourth-order valence-electron chi connectivity index (χ4n) is 3.27. The minimum atomic E-state index is -0.952. The molecule has 3 rings (SSSR count). The maximum atomic E-state index is 12.6. The third-order valence-corrected chi connectivity index (χ3v) is 5.51. The molecule has 28 heavy (non-hydrogen) atoms. The number of rotatable bonds is 6. The molecule has 0 radical (unpaired) electrons. The number of nitriles is 1. The van der Waals surface area contributed by atoms with Gasteiger partial charge in [0, 0.05) is 5.56 Å². The van der Waals surface area contributed by atoms with E-state index in [1.807, 2.05) is 50.3 Å². The van der Waals surface area contributed by atoms with E-state index in [0.29, 0.717) is 11.3 Å². The first-order chi connectivity index (χ1) is 13.3. The molecule has 1 aliphatic carbocycles. The van der Waals surface area contributed by atoms with Gasteiger partial charge in [0.25, 0.3) is 0 Å². The quantitative estimate of drug-likeness (QED) is 0.422. The monoisotopic (exact) mass is 503 g/mol. The van der Waals surface area contributed by atoms with Gasteiger partial charge in [-0.15, -0.1) is 0 Å². The SMILES string of the molecule is CC1(C)[C@@H](C=C(Br)Br)[C@@H]1C(=O)O[C@@H](C#N)c1ccc(Oc2ccccc2)cc1. The summed E-state index contributed by atoms with van der Waals surface area (Å²) in [6.07, 6.45) is 0.995. The van der Waals surface area contributed by atoms with E-state index in [9.17, 15) is 10.1 Å². The summed E-state index contributed by atoms with van der Waals surface area (Å²) in [5, 5.41) is 9.49. The fraction of sp³-hybridized carbons (Fsp3) is 0.273. The molecule has 144 valence electrons. The van der Waals surface area contributed by atoms with Crippen LogP contribution in [0.2, 0.25) is 0 Å². The Bertz CT molecular complexity index is 913. The molecule has 0 unspecified atom stereocenters. The highest BCUT2D eigenvalue weighted by atomic mass is 79.9. The van der Waals surface area contributed by atoms with Crippen molar-refractivity contribution in [1.82, 2.24) is 0 Å². The molecular formula is C22H19Br2NO3. The number of nitrogens with zero attached hydrogens (tertiary/aromatic N) is 1. The predicted molar refractivity (Wildman–Crippen MR) is 114 cm³/mol. The summed E-state index contributed by atoms with van der Waals surface area (Å²) >= 11 is 6.67. The van der Waals surface area contributed by atoms with Gasteiger partial charge in [-0.2, -0.15) is 5.26 Å². The van der Waals surface area contributed by atoms with E-state index in [4.69, 9.17) is 9.47 Å². The maximum Gasteiger partial charge on any atom is 0.311 e. The molecule has 0 heterocycles. The zero-order valence-electron chi connectivity index (χ0n) is 15.4. The van der Waals surface area contributed by atoms with Gasteiger partial charge in [0.05, 0.1) is 9.31 Å². The topological polar surface area (TPSA) is 59.3 Å². The number of benzene rings is 2. The number of carbonyl (C=O) groups excluding carboxylic acids is 1. The van der Waals surface area contributed by atoms with Gasteiger partial charge in [-0.25, -0.2) is 0 Å². The smallest absolute Gasteiger partial charge is 0.311 e. The second-order valence-electron chi connectivity index (χ2n) is 7.21. The Morgan fingerprint density at radius 1 is 1.11 bits per heavy atom. The Kier molecular flexibility index (Phi) is 6.26. The van der Waals surface area contributed by atoms with E-state index >= 15 is 0 Å². The van der Waals surface area contributed by atoms with E-state index in [0.717, 1.165) is 9.14 Å². The lowest BCUT2D eigenvalue weighted by molar-refractivity contribution is -0.149. The molecule has 1 aliphatic rings. The first-order valence-electron chi connectivity index (χ1n) is 8.78. The Balaban J connectivity index is 1.66. The molecule has 4 nitrogen and oxygen atoms in total. The molecule has 0 saturated heterocycles. The number of ether oxygens (including phenoxy) is 2. The summed E-state index contributed by atoms with van der Waals surface area (Å²) in [6.45, 7) is 4.03. The Labute approximate surface area is 181 Å². The first kappa shape index (κ1) is 20.6. The number of carbonyl (C=O) groups is 1. The minimum absolute atomic E-state index is 0.0646. The molecule has 0 spiro atoms. The summed E-state index contributed by atoms with van der Waals surface area (Å²) < 4.78 is 12.1. The van der Waals surface area contributed by atoms with Crippen molar-refractivity contribution in [3.63, 3.8) is 0 Å². The average molecular weight is 505 g/mol. The van der Waals surface area contributed by atoms with Crippen LogP contribution in [0.1, 0.15) is 25.5 Å². The van der Waals surface area contributed by atoms with E-state index in [2.05, 4.69) is 37.9 Å². The normalized spacial score (nSPS) is 20.4. The van der Waals surface area contributed by atoms with Gasteiger partial charge in [-0.05, 0) is 67.5 Å². The molecule has 0 bridgehead atoms. The molecular weight excluding hydrogens is 486 g/mol. The summed E-state index contributed by atoms with van der Waals surface area (Å²) in [7, 11) is 0. The zero-order valence-corrected chi connectivity index (χ0v) is 18.6. The highest BCUT2D eigenvalue weighted by molar-refractivity contribution is 9.28. The molecule has 0 amide bonds. The van der Waals surface area contributed by atoms with Crippen LogP contribution in [0.5, 0.6) is 11.5 Å². The van der Waals surface area contributed by atoms with Crippen LogP contribution in [-0.4, -0.2) is 5.97 Å². The van der Waals surface area contributed by atoms with Gasteiger partial charge >= 0.3 is 5.97 Å². The minimum Gasteiger partial charge on any atom is -0.457 e. The molecule has 1 saturated carbocycles. The number of esters is 1. The zero-order chi connectivity index (χ0) is 20.3. The summed E-state index contributed by atoms with van der Waals surface area (Å²) in [5.41, 5.74) is 0.417. The van der Waals surface area contributed by atoms with Crippen molar-refractivity contribution in [3.8, 4) is 17.6 Å². The van der Waals surface area contributed by atoms with E-state index in [1.54, 1.807) is 24.3 Å². The van der Waals surface area contributed by atoms with Crippen LogP contribution >= 0.6 is 31.9 Å². The van der Waals surface area contributed by atoms with Crippen LogP contribution in [-0.2, 0) is 9.53 Å². The number of allylic oxidation sites excluding steroid dienone is 1. The molecule has 0 aromatic heterocycles. The average Bonchev–Trinajstić information content (AvgIpc) is 3.20. The highest BCUT2D eigenvalue weighted by Gasteiger charge is 2.61. The fourth-order valence-corrected chi connectivity index (χ4v) is 3.84. The third kappa shape index (κ3) is 4.65. The molecule has 6 heteroatoms. The van der Waals surface area contributed by atoms with E-state index in [1.165, 1.54) is 0 Å². The second kappa shape index (κ2) is 8.50. The molecule has 0 aliphatic heterocycles. The van der Waals surface area contributed by atoms with Crippen LogP contribution in [0, 0.1) is 28.6 Å². The van der Waals surface area contributed by atoms with Gasteiger partial charge < -0.3 is 9.47 Å². The molecule has 2 aromatic carbocycles. The summed E-state index contributed by atoms with van der Waals surface area (Å²) in [4.78, 5) is 12.6. The molecule has 1 fully saturated rings. The van der Waals surface area contributed by atoms with Gasteiger partial charge in [-0.3, -0.25) is 4.79 Å². The lowest BCUT2D eigenvalue weighted by Crippen LogP contribution is -2.14. The van der Waals surface area contributed by atoms with Crippen LogP contribution in [0.25, 0.3) is 0 Å². The first-order valence-corrected chi connectivity index (χ1v) is 10.4. The summed E-state index contributed by atoms with van der Waals surface area (Å²) in [6, 6.07) is 18.5. The van der Waals surface area contributed by atoms with Gasteiger partial charge in [0.1, 0.15) is 17.6 Å². The molecule has 0 N–H and O–H groups in total. The highest BCUT2D eigenvalue weighted by Crippen LogP contribution is 2.60. The number of hydrogen-bond donors (Lipinski definition) is 0. The van der Waals surface area contributed by atoms with Crippen LogP contribution in [0.3, 0.4) is 0 Å². The Morgan fingerprint density at radius 3 is 2.29 bits per heavy atom. The number of para-hydroxylation sites is 1. The largest absolute Gasteiger partial charge is 0.457 e. The van der Waals surface area contributed by atoms with Crippen LogP contribution in [0.4, 0.5) is 0 Å². The predicted octanol–water partition coefficient (Wildman–Crippen LogP) is 6.49. The second-order valence-corrected chi connectivity index (χ2v) is 9.98. The number of hydrogen-bond acceptors (Lipinski definition) is 4. The number of halogens is 2. The third-order valence-electron chi connectivity index (χ3n) is 4.98. The standard InChI is InChI=1S/C22H19Br2NO3/c1-22(2)17(12-19(23)24)20(22)21(26)28-18(13-25)14-8-10-16(11-9-14)27-15-6-4-3-5-7-15/h3-12,17-18,20H,1-2H3/t17-,18-,20+/m0/s1. The van der Waals surface area contributed by atoms with Crippen molar-refractivity contribution in [1.29, 1.82) is 5.26 Å². The lowest BCUT2D eigenvalue weighted by Gasteiger charge is -2.13.